The molecule has 9 heteroatoms. The van der Waals surface area contributed by atoms with Crippen LogP contribution in [0.2, 0.25) is 0 Å². The van der Waals surface area contributed by atoms with Gasteiger partial charge in [-0.15, -0.1) is 0 Å². The molecule has 2 aromatic rings. The quantitative estimate of drug-likeness (QED) is 0.619. The highest BCUT2D eigenvalue weighted by molar-refractivity contribution is 6.39. The number of carbonyl (C=O) groups excluding carboxylic acids is 3. The topological polar surface area (TPSA) is 107 Å². The second-order valence-corrected chi connectivity index (χ2v) is 5.59. The first kappa shape index (κ1) is 18.9. The highest BCUT2D eigenvalue weighted by Crippen LogP contribution is 2.40. The second kappa shape index (κ2) is 7.78. The van der Waals surface area contributed by atoms with E-state index in [2.05, 4.69) is 10.3 Å². The molecule has 0 saturated carbocycles. The molecule has 1 aromatic carbocycles. The zero-order chi connectivity index (χ0) is 20.3. The van der Waals surface area contributed by atoms with E-state index in [0.717, 1.165) is 4.90 Å². The van der Waals surface area contributed by atoms with Crippen LogP contribution in [0.5, 0.6) is 17.2 Å². The van der Waals surface area contributed by atoms with Gasteiger partial charge in [-0.2, -0.15) is 0 Å². The molecular formula is C19H17N3O6. The van der Waals surface area contributed by atoms with Gasteiger partial charge in [-0.25, -0.2) is 9.69 Å². The summed E-state index contributed by atoms with van der Waals surface area (Å²) in [5.74, 6) is -0.559. The van der Waals surface area contributed by atoms with Crippen LogP contribution < -0.4 is 24.4 Å². The predicted molar refractivity (Wildman–Crippen MR) is 99.3 cm³/mol. The lowest BCUT2D eigenvalue weighted by Crippen LogP contribution is -2.54. The van der Waals surface area contributed by atoms with Crippen molar-refractivity contribution in [1.29, 1.82) is 0 Å². The minimum absolute atomic E-state index is 0.234. The predicted octanol–water partition coefficient (Wildman–Crippen LogP) is 1.77. The van der Waals surface area contributed by atoms with E-state index >= 15 is 0 Å². The largest absolute Gasteiger partial charge is 0.493 e. The van der Waals surface area contributed by atoms with Crippen LogP contribution >= 0.6 is 0 Å². The standard InChI is InChI=1S/C19H17N3O6/c1-26-14-5-4-11(15(27-2)16(14)28-3)10-13-17(23)21-19(25)22(18(13)24)12-6-8-20-9-7-12/h4-10H,1-3H3,(H,21,23,25)/b13-10+. The summed E-state index contributed by atoms with van der Waals surface area (Å²) in [6, 6.07) is 5.37. The SMILES string of the molecule is COc1ccc(/C=C2\C(=O)NC(=O)N(c3ccncc3)C2=O)c(OC)c1OC. The molecule has 0 atom stereocenters. The summed E-state index contributed by atoms with van der Waals surface area (Å²) >= 11 is 0. The fourth-order valence-corrected chi connectivity index (χ4v) is 2.78. The Labute approximate surface area is 160 Å². The first-order valence-electron chi connectivity index (χ1n) is 8.12. The number of pyridine rings is 1. The molecule has 1 aliphatic rings. The number of imide groups is 2. The zero-order valence-electron chi connectivity index (χ0n) is 15.4. The van der Waals surface area contributed by atoms with Crippen molar-refractivity contribution in [2.75, 3.05) is 26.2 Å². The van der Waals surface area contributed by atoms with Gasteiger partial charge in [0.2, 0.25) is 5.75 Å². The molecule has 0 unspecified atom stereocenters. The Hall–Kier alpha value is -3.88. The van der Waals surface area contributed by atoms with E-state index in [1.165, 1.54) is 51.9 Å². The summed E-state index contributed by atoms with van der Waals surface area (Å²) in [6.07, 6.45) is 4.21. The Morgan fingerprint density at radius 2 is 1.61 bits per heavy atom. The Bertz CT molecular complexity index is 971. The molecule has 28 heavy (non-hydrogen) atoms. The summed E-state index contributed by atoms with van der Waals surface area (Å²) in [4.78, 5) is 42.1. The maximum atomic E-state index is 12.9. The van der Waals surface area contributed by atoms with Gasteiger partial charge in [0.25, 0.3) is 11.8 Å². The van der Waals surface area contributed by atoms with E-state index in [4.69, 9.17) is 14.2 Å². The average molecular weight is 383 g/mol. The van der Waals surface area contributed by atoms with E-state index in [0.29, 0.717) is 17.1 Å². The van der Waals surface area contributed by atoms with E-state index in [1.807, 2.05) is 0 Å². The van der Waals surface area contributed by atoms with Crippen LogP contribution in [0.3, 0.4) is 0 Å². The lowest BCUT2D eigenvalue weighted by atomic mass is 10.1. The summed E-state index contributed by atoms with van der Waals surface area (Å²) < 4.78 is 15.9. The molecule has 2 heterocycles. The number of rotatable bonds is 5. The summed E-state index contributed by atoms with van der Waals surface area (Å²) in [5.41, 5.74) is 0.458. The van der Waals surface area contributed by atoms with Crippen molar-refractivity contribution < 1.29 is 28.6 Å². The van der Waals surface area contributed by atoms with Crippen molar-refractivity contribution in [2.45, 2.75) is 0 Å². The van der Waals surface area contributed by atoms with Gasteiger partial charge in [0, 0.05) is 18.0 Å². The molecule has 1 saturated heterocycles. The maximum absolute atomic E-state index is 12.9. The molecule has 0 spiro atoms. The number of aromatic nitrogens is 1. The Balaban J connectivity index is 2.09. The van der Waals surface area contributed by atoms with Crippen LogP contribution in [0.25, 0.3) is 6.08 Å². The Morgan fingerprint density at radius 1 is 0.929 bits per heavy atom. The molecule has 0 aliphatic carbocycles. The van der Waals surface area contributed by atoms with Gasteiger partial charge >= 0.3 is 6.03 Å². The van der Waals surface area contributed by atoms with Crippen LogP contribution in [0.15, 0.2) is 42.2 Å². The molecule has 4 amide bonds. The van der Waals surface area contributed by atoms with Gasteiger partial charge in [-0.3, -0.25) is 19.9 Å². The highest BCUT2D eigenvalue weighted by atomic mass is 16.5. The number of anilines is 1. The minimum Gasteiger partial charge on any atom is -0.493 e. The molecule has 144 valence electrons. The molecular weight excluding hydrogens is 366 g/mol. The van der Waals surface area contributed by atoms with Crippen LogP contribution in [0.1, 0.15) is 5.56 Å². The molecule has 1 fully saturated rings. The number of hydrogen-bond acceptors (Lipinski definition) is 7. The number of nitrogens with zero attached hydrogens (tertiary/aromatic N) is 2. The van der Waals surface area contributed by atoms with Crippen molar-refractivity contribution >= 4 is 29.6 Å². The smallest absolute Gasteiger partial charge is 0.335 e. The summed E-state index contributed by atoms with van der Waals surface area (Å²) in [5, 5.41) is 2.16. The molecule has 9 nitrogen and oxygen atoms in total. The molecule has 1 aromatic heterocycles. The van der Waals surface area contributed by atoms with Crippen molar-refractivity contribution in [2.24, 2.45) is 0 Å². The third-order valence-electron chi connectivity index (χ3n) is 4.06. The van der Waals surface area contributed by atoms with Gasteiger partial charge in [0.15, 0.2) is 11.5 Å². The van der Waals surface area contributed by atoms with E-state index < -0.39 is 17.8 Å². The lowest BCUT2D eigenvalue weighted by Gasteiger charge is -2.26. The first-order chi connectivity index (χ1) is 13.5. The molecule has 0 bridgehead atoms. The number of barbiturate groups is 1. The zero-order valence-corrected chi connectivity index (χ0v) is 15.4. The average Bonchev–Trinajstić information content (AvgIpc) is 2.70. The number of urea groups is 1. The highest BCUT2D eigenvalue weighted by Gasteiger charge is 2.37. The van der Waals surface area contributed by atoms with Crippen molar-refractivity contribution in [3.8, 4) is 17.2 Å². The molecule has 1 N–H and O–H groups in total. The van der Waals surface area contributed by atoms with Gasteiger partial charge in [0.05, 0.1) is 27.0 Å². The number of methoxy groups -OCH3 is 3. The van der Waals surface area contributed by atoms with E-state index in [-0.39, 0.29) is 17.0 Å². The minimum atomic E-state index is -0.836. The van der Waals surface area contributed by atoms with Gasteiger partial charge < -0.3 is 14.2 Å². The lowest BCUT2D eigenvalue weighted by molar-refractivity contribution is -0.122. The van der Waals surface area contributed by atoms with Crippen molar-refractivity contribution in [1.82, 2.24) is 10.3 Å². The Kier molecular flexibility index (Phi) is 5.25. The summed E-state index contributed by atoms with van der Waals surface area (Å²) in [6.45, 7) is 0. The van der Waals surface area contributed by atoms with Crippen molar-refractivity contribution in [3.63, 3.8) is 0 Å². The van der Waals surface area contributed by atoms with E-state index in [9.17, 15) is 14.4 Å². The molecule has 0 radical (unpaired) electrons. The number of nitrogens with one attached hydrogen (secondary N) is 1. The number of benzene rings is 1. The summed E-state index contributed by atoms with van der Waals surface area (Å²) in [7, 11) is 4.35. The molecule has 1 aliphatic heterocycles. The Morgan fingerprint density at radius 3 is 2.21 bits per heavy atom. The van der Waals surface area contributed by atoms with Gasteiger partial charge in [-0.1, -0.05) is 0 Å². The van der Waals surface area contributed by atoms with Gasteiger partial charge in [-0.05, 0) is 30.3 Å². The second-order valence-electron chi connectivity index (χ2n) is 5.59. The first-order valence-corrected chi connectivity index (χ1v) is 8.12. The van der Waals surface area contributed by atoms with Gasteiger partial charge in [0.1, 0.15) is 5.57 Å². The number of hydrogen-bond donors (Lipinski definition) is 1. The van der Waals surface area contributed by atoms with Crippen molar-refractivity contribution in [3.05, 3.63) is 47.8 Å². The van der Waals surface area contributed by atoms with Crippen LogP contribution in [0.4, 0.5) is 10.5 Å². The number of ether oxygens (including phenoxy) is 3. The third-order valence-corrected chi connectivity index (χ3v) is 4.06. The van der Waals surface area contributed by atoms with Crippen LogP contribution in [-0.2, 0) is 9.59 Å². The monoisotopic (exact) mass is 383 g/mol. The van der Waals surface area contributed by atoms with Crippen LogP contribution in [0, 0.1) is 0 Å². The fourth-order valence-electron chi connectivity index (χ4n) is 2.78. The molecule has 3 rings (SSSR count). The maximum Gasteiger partial charge on any atom is 0.335 e. The third kappa shape index (κ3) is 3.25. The normalized spacial score (nSPS) is 15.5. The van der Waals surface area contributed by atoms with E-state index in [1.54, 1.807) is 12.1 Å². The number of amides is 4. The number of carbonyl (C=O) groups is 3. The fraction of sp³-hybridized carbons (Fsp3) is 0.158. The van der Waals surface area contributed by atoms with Crippen LogP contribution in [-0.4, -0.2) is 44.2 Å².